The van der Waals surface area contributed by atoms with E-state index in [1.54, 1.807) is 19.2 Å². The van der Waals surface area contributed by atoms with E-state index in [2.05, 4.69) is 5.43 Å². The fraction of sp³-hybridized carbons (Fsp3) is 0.538. The van der Waals surface area contributed by atoms with Gasteiger partial charge in [0.2, 0.25) is 0 Å². The summed E-state index contributed by atoms with van der Waals surface area (Å²) >= 11 is 5.71. The molecule has 0 aromatic heterocycles. The van der Waals surface area contributed by atoms with Crippen molar-refractivity contribution in [2.45, 2.75) is 38.3 Å². The van der Waals surface area contributed by atoms with Crippen molar-refractivity contribution in [1.29, 1.82) is 0 Å². The third kappa shape index (κ3) is 4.90. The van der Waals surface area contributed by atoms with Crippen molar-refractivity contribution in [2.75, 3.05) is 7.11 Å². The minimum atomic E-state index is -0.289. The molecular formula is C13H20ClFN2O. The number of rotatable bonds is 7. The van der Waals surface area contributed by atoms with Crippen molar-refractivity contribution in [3.63, 3.8) is 0 Å². The van der Waals surface area contributed by atoms with E-state index in [0.717, 1.165) is 12.8 Å². The van der Waals surface area contributed by atoms with Crippen LogP contribution in [0.15, 0.2) is 18.2 Å². The van der Waals surface area contributed by atoms with Gasteiger partial charge >= 0.3 is 0 Å². The molecule has 0 fully saturated rings. The summed E-state index contributed by atoms with van der Waals surface area (Å²) in [4.78, 5) is 0. The zero-order valence-corrected chi connectivity index (χ0v) is 11.5. The molecule has 18 heavy (non-hydrogen) atoms. The first kappa shape index (κ1) is 15.4. The summed E-state index contributed by atoms with van der Waals surface area (Å²) in [6.07, 6.45) is 2.42. The van der Waals surface area contributed by atoms with E-state index < -0.39 is 0 Å². The molecule has 3 nitrogen and oxygen atoms in total. The van der Waals surface area contributed by atoms with Gasteiger partial charge in [0.1, 0.15) is 5.82 Å². The summed E-state index contributed by atoms with van der Waals surface area (Å²) in [6, 6.07) is 4.73. The van der Waals surface area contributed by atoms with Crippen LogP contribution in [-0.2, 0) is 11.2 Å². The molecule has 0 aliphatic heterocycles. The molecule has 0 bridgehead atoms. The van der Waals surface area contributed by atoms with Gasteiger partial charge in [-0.25, -0.2) is 4.39 Å². The van der Waals surface area contributed by atoms with E-state index in [9.17, 15) is 4.39 Å². The number of hydrogen-bond acceptors (Lipinski definition) is 3. The molecule has 1 aromatic rings. The van der Waals surface area contributed by atoms with Crippen LogP contribution in [0.25, 0.3) is 0 Å². The molecule has 0 spiro atoms. The molecule has 0 saturated heterocycles. The number of hydrogen-bond donors (Lipinski definition) is 2. The summed E-state index contributed by atoms with van der Waals surface area (Å²) in [5.74, 6) is 5.20. The largest absolute Gasteiger partial charge is 0.382 e. The predicted octanol–water partition coefficient (Wildman–Crippen LogP) is 2.67. The SMILES string of the molecule is COC(C)CCC(Cc1ccc(Cl)cc1F)NN. The lowest BCUT2D eigenvalue weighted by Crippen LogP contribution is -2.37. The maximum absolute atomic E-state index is 13.6. The highest BCUT2D eigenvalue weighted by Gasteiger charge is 2.12. The Morgan fingerprint density at radius 2 is 2.17 bits per heavy atom. The molecule has 3 N–H and O–H groups in total. The van der Waals surface area contributed by atoms with Crippen LogP contribution >= 0.6 is 11.6 Å². The van der Waals surface area contributed by atoms with Gasteiger partial charge in [-0.15, -0.1) is 0 Å². The van der Waals surface area contributed by atoms with Crippen LogP contribution in [-0.4, -0.2) is 19.3 Å². The van der Waals surface area contributed by atoms with Crippen molar-refractivity contribution in [2.24, 2.45) is 5.84 Å². The first-order chi connectivity index (χ1) is 8.56. The zero-order valence-electron chi connectivity index (χ0n) is 10.7. The fourth-order valence-electron chi connectivity index (χ4n) is 1.75. The molecule has 1 aromatic carbocycles. The standard InChI is InChI=1S/C13H20ClFN2O/c1-9(18-2)3-6-12(17-16)7-10-4-5-11(14)8-13(10)15/h4-5,8-9,12,17H,3,6-7,16H2,1-2H3. The van der Waals surface area contributed by atoms with E-state index in [0.29, 0.717) is 17.0 Å². The molecule has 2 unspecified atom stereocenters. The van der Waals surface area contributed by atoms with Gasteiger partial charge in [0.15, 0.2) is 0 Å². The average molecular weight is 275 g/mol. The predicted molar refractivity (Wildman–Crippen MR) is 71.9 cm³/mol. The van der Waals surface area contributed by atoms with Crippen LogP contribution in [0.3, 0.4) is 0 Å². The van der Waals surface area contributed by atoms with Crippen LogP contribution in [0.4, 0.5) is 4.39 Å². The summed E-state index contributed by atoms with van der Waals surface area (Å²) < 4.78 is 18.8. The summed E-state index contributed by atoms with van der Waals surface area (Å²) in [6.45, 7) is 2.00. The summed E-state index contributed by atoms with van der Waals surface area (Å²) in [7, 11) is 1.68. The quantitative estimate of drug-likeness (QED) is 0.594. The van der Waals surface area contributed by atoms with Crippen LogP contribution in [0.1, 0.15) is 25.3 Å². The van der Waals surface area contributed by atoms with E-state index in [4.69, 9.17) is 22.2 Å². The van der Waals surface area contributed by atoms with Crippen LogP contribution in [0, 0.1) is 5.82 Å². The molecule has 0 radical (unpaired) electrons. The minimum absolute atomic E-state index is 0.0262. The van der Waals surface area contributed by atoms with Crippen molar-refractivity contribution in [3.8, 4) is 0 Å². The first-order valence-corrected chi connectivity index (χ1v) is 6.37. The molecule has 0 heterocycles. The third-order valence-electron chi connectivity index (χ3n) is 3.04. The van der Waals surface area contributed by atoms with Crippen molar-refractivity contribution in [3.05, 3.63) is 34.6 Å². The number of halogens is 2. The summed E-state index contributed by atoms with van der Waals surface area (Å²) in [5, 5.41) is 0.404. The Hall–Kier alpha value is -0.680. The maximum Gasteiger partial charge on any atom is 0.127 e. The Labute approximate surface area is 112 Å². The Kier molecular flexibility index (Phi) is 6.57. The molecule has 0 aliphatic rings. The number of hydrazine groups is 1. The van der Waals surface area contributed by atoms with Crippen molar-refractivity contribution in [1.82, 2.24) is 5.43 Å². The summed E-state index contributed by atoms with van der Waals surface area (Å²) in [5.41, 5.74) is 3.33. The van der Waals surface area contributed by atoms with Gasteiger partial charge in [-0.1, -0.05) is 17.7 Å². The second-order valence-corrected chi connectivity index (χ2v) is 4.86. The zero-order chi connectivity index (χ0) is 13.5. The third-order valence-corrected chi connectivity index (χ3v) is 3.28. The molecule has 5 heteroatoms. The Balaban J connectivity index is 2.56. The second kappa shape index (κ2) is 7.69. The van der Waals surface area contributed by atoms with Crippen molar-refractivity contribution >= 4 is 11.6 Å². The van der Waals surface area contributed by atoms with Crippen LogP contribution in [0.2, 0.25) is 5.02 Å². The Morgan fingerprint density at radius 3 is 2.72 bits per heavy atom. The maximum atomic E-state index is 13.6. The molecule has 2 atom stereocenters. The fourth-order valence-corrected chi connectivity index (χ4v) is 1.91. The second-order valence-electron chi connectivity index (χ2n) is 4.43. The van der Waals surface area contributed by atoms with Gasteiger partial charge in [-0.3, -0.25) is 11.3 Å². The average Bonchev–Trinajstić information content (AvgIpc) is 2.36. The van der Waals surface area contributed by atoms with Gasteiger partial charge < -0.3 is 4.74 Å². The normalized spacial score (nSPS) is 14.5. The van der Waals surface area contributed by atoms with E-state index in [1.807, 2.05) is 6.92 Å². The molecule has 0 saturated carbocycles. The lowest BCUT2D eigenvalue weighted by Gasteiger charge is -2.18. The smallest absolute Gasteiger partial charge is 0.127 e. The van der Waals surface area contributed by atoms with Gasteiger partial charge in [0.05, 0.1) is 6.10 Å². The number of nitrogens with one attached hydrogen (secondary N) is 1. The van der Waals surface area contributed by atoms with E-state index in [1.165, 1.54) is 6.07 Å². The molecule has 1 rings (SSSR count). The Morgan fingerprint density at radius 1 is 1.44 bits per heavy atom. The molecular weight excluding hydrogens is 255 g/mol. The number of benzene rings is 1. The highest BCUT2D eigenvalue weighted by atomic mass is 35.5. The molecule has 0 amide bonds. The highest BCUT2D eigenvalue weighted by Crippen LogP contribution is 2.17. The lowest BCUT2D eigenvalue weighted by molar-refractivity contribution is 0.106. The molecule has 102 valence electrons. The number of methoxy groups -OCH3 is 1. The number of nitrogens with two attached hydrogens (primary N) is 1. The molecule has 0 aliphatic carbocycles. The minimum Gasteiger partial charge on any atom is -0.382 e. The highest BCUT2D eigenvalue weighted by molar-refractivity contribution is 6.30. The van der Waals surface area contributed by atoms with Gasteiger partial charge in [-0.05, 0) is 43.9 Å². The topological polar surface area (TPSA) is 47.3 Å². The number of ether oxygens (including phenoxy) is 1. The van der Waals surface area contributed by atoms with Crippen LogP contribution < -0.4 is 11.3 Å². The van der Waals surface area contributed by atoms with Gasteiger partial charge in [-0.2, -0.15) is 0 Å². The lowest BCUT2D eigenvalue weighted by atomic mass is 10.0. The monoisotopic (exact) mass is 274 g/mol. The first-order valence-electron chi connectivity index (χ1n) is 5.99. The van der Waals surface area contributed by atoms with E-state index in [-0.39, 0.29) is 18.0 Å². The van der Waals surface area contributed by atoms with Crippen LogP contribution in [0.5, 0.6) is 0 Å². The van der Waals surface area contributed by atoms with Gasteiger partial charge in [0.25, 0.3) is 0 Å². The van der Waals surface area contributed by atoms with E-state index >= 15 is 0 Å². The van der Waals surface area contributed by atoms with Crippen molar-refractivity contribution < 1.29 is 9.13 Å². The van der Waals surface area contributed by atoms with Gasteiger partial charge in [0, 0.05) is 18.2 Å². The Bertz CT molecular complexity index is 376.